The predicted molar refractivity (Wildman–Crippen MR) is 113 cm³/mol. The van der Waals surface area contributed by atoms with Gasteiger partial charge in [-0.3, -0.25) is 9.59 Å². The van der Waals surface area contributed by atoms with E-state index < -0.39 is 0 Å². The highest BCUT2D eigenvalue weighted by Crippen LogP contribution is 2.19. The Morgan fingerprint density at radius 2 is 2.00 bits per heavy atom. The average molecular weight is 403 g/mol. The number of amides is 1. The van der Waals surface area contributed by atoms with Crippen molar-refractivity contribution >= 4 is 22.6 Å². The highest BCUT2D eigenvalue weighted by atomic mass is 16.5. The van der Waals surface area contributed by atoms with Crippen LogP contribution in [0.5, 0.6) is 0 Å². The van der Waals surface area contributed by atoms with E-state index in [1.807, 2.05) is 44.2 Å². The molecule has 0 aliphatic rings. The van der Waals surface area contributed by atoms with Gasteiger partial charge in [-0.2, -0.15) is 4.98 Å². The Labute approximate surface area is 172 Å². The van der Waals surface area contributed by atoms with E-state index in [9.17, 15) is 9.59 Å². The molecular formula is C22H21N5O3. The van der Waals surface area contributed by atoms with Gasteiger partial charge < -0.3 is 14.8 Å². The lowest BCUT2D eigenvalue weighted by molar-refractivity contribution is -0.116. The molecule has 1 aromatic carbocycles. The molecule has 8 nitrogen and oxygen atoms in total. The van der Waals surface area contributed by atoms with Crippen molar-refractivity contribution in [2.75, 3.05) is 5.32 Å². The molecule has 0 saturated heterocycles. The minimum Gasteiger partial charge on any atom is -0.339 e. The Morgan fingerprint density at radius 1 is 1.13 bits per heavy atom. The van der Waals surface area contributed by atoms with Crippen LogP contribution >= 0.6 is 0 Å². The zero-order valence-corrected chi connectivity index (χ0v) is 16.7. The predicted octanol–water partition coefficient (Wildman–Crippen LogP) is 3.55. The summed E-state index contributed by atoms with van der Waals surface area (Å²) in [6.07, 6.45) is 1.27. The number of pyridine rings is 2. The first-order valence-corrected chi connectivity index (χ1v) is 9.68. The molecule has 2 N–H and O–H groups in total. The van der Waals surface area contributed by atoms with Crippen molar-refractivity contribution in [3.8, 4) is 11.4 Å². The number of H-pyrrole nitrogens is 1. The third-order valence-corrected chi connectivity index (χ3v) is 4.66. The first kappa shape index (κ1) is 19.5. The third-order valence-electron chi connectivity index (χ3n) is 4.66. The van der Waals surface area contributed by atoms with E-state index in [1.54, 1.807) is 12.1 Å². The van der Waals surface area contributed by atoms with Crippen LogP contribution in [0.15, 0.2) is 51.8 Å². The highest BCUT2D eigenvalue weighted by molar-refractivity contribution is 5.89. The van der Waals surface area contributed by atoms with E-state index in [4.69, 9.17) is 4.52 Å². The van der Waals surface area contributed by atoms with E-state index >= 15 is 0 Å². The van der Waals surface area contributed by atoms with Gasteiger partial charge >= 0.3 is 0 Å². The zero-order chi connectivity index (χ0) is 21.1. The summed E-state index contributed by atoms with van der Waals surface area (Å²) in [4.78, 5) is 35.9. The second-order valence-corrected chi connectivity index (χ2v) is 7.18. The molecule has 4 aromatic rings. The van der Waals surface area contributed by atoms with Gasteiger partial charge in [0.15, 0.2) is 0 Å². The number of carbonyl (C=O) groups is 1. The van der Waals surface area contributed by atoms with Gasteiger partial charge in [0.25, 0.3) is 5.56 Å². The number of carbonyl (C=O) groups excluding carboxylic acids is 1. The number of nitrogens with one attached hydrogen (secondary N) is 2. The van der Waals surface area contributed by atoms with Crippen molar-refractivity contribution in [3.05, 3.63) is 70.0 Å². The summed E-state index contributed by atoms with van der Waals surface area (Å²) >= 11 is 0. The summed E-state index contributed by atoms with van der Waals surface area (Å²) < 4.78 is 5.27. The van der Waals surface area contributed by atoms with Crippen LogP contribution in [0, 0.1) is 13.8 Å². The number of aromatic nitrogens is 4. The van der Waals surface area contributed by atoms with Crippen molar-refractivity contribution in [3.63, 3.8) is 0 Å². The highest BCUT2D eigenvalue weighted by Gasteiger charge is 2.14. The van der Waals surface area contributed by atoms with Gasteiger partial charge in [-0.25, -0.2) is 4.98 Å². The minimum atomic E-state index is -0.274. The summed E-state index contributed by atoms with van der Waals surface area (Å²) in [6.45, 7) is 3.85. The fourth-order valence-corrected chi connectivity index (χ4v) is 3.18. The fourth-order valence-electron chi connectivity index (χ4n) is 3.18. The molecule has 0 aliphatic carbocycles. The average Bonchev–Trinajstić information content (AvgIpc) is 3.16. The van der Waals surface area contributed by atoms with Crippen molar-refractivity contribution < 1.29 is 9.32 Å². The standard InChI is InChI=1S/C22H21N5O3/c1-13-9-10-17-15(11-13)12-16(22(29)24-17)21-26-20(30-27-21)8-4-7-19(28)25-18-6-3-5-14(2)23-18/h3,5-6,9-12H,4,7-8H2,1-2H3,(H,24,29)(H,23,25,28). The topological polar surface area (TPSA) is 114 Å². The monoisotopic (exact) mass is 403 g/mol. The fraction of sp³-hybridized carbons (Fsp3) is 0.227. The summed E-state index contributed by atoms with van der Waals surface area (Å²) in [5, 5.41) is 7.60. The van der Waals surface area contributed by atoms with Crippen LogP contribution in [0.4, 0.5) is 5.82 Å². The van der Waals surface area contributed by atoms with Crippen molar-refractivity contribution in [2.24, 2.45) is 0 Å². The number of nitrogens with zero attached hydrogens (tertiary/aromatic N) is 3. The summed E-state index contributed by atoms with van der Waals surface area (Å²) in [7, 11) is 0. The Morgan fingerprint density at radius 3 is 2.83 bits per heavy atom. The second kappa shape index (κ2) is 8.28. The smallest absolute Gasteiger partial charge is 0.259 e. The van der Waals surface area contributed by atoms with Gasteiger partial charge in [-0.05, 0) is 56.0 Å². The Balaban J connectivity index is 1.40. The number of fused-ring (bicyclic) bond motifs is 1. The molecule has 0 aliphatic heterocycles. The maximum Gasteiger partial charge on any atom is 0.259 e. The SMILES string of the molecule is Cc1ccc2[nH]c(=O)c(-c3noc(CCCC(=O)Nc4cccc(C)n4)n3)cc2c1. The van der Waals surface area contributed by atoms with Crippen molar-refractivity contribution in [1.29, 1.82) is 0 Å². The lowest BCUT2D eigenvalue weighted by atomic mass is 10.1. The van der Waals surface area contributed by atoms with Gasteiger partial charge in [0.2, 0.25) is 17.6 Å². The largest absolute Gasteiger partial charge is 0.339 e. The molecular weight excluding hydrogens is 382 g/mol. The third kappa shape index (κ3) is 4.43. The Hall–Kier alpha value is -3.81. The van der Waals surface area contributed by atoms with Gasteiger partial charge in [-0.15, -0.1) is 0 Å². The number of benzene rings is 1. The molecule has 8 heteroatoms. The van der Waals surface area contributed by atoms with Crippen LogP contribution in [0.25, 0.3) is 22.3 Å². The second-order valence-electron chi connectivity index (χ2n) is 7.18. The number of hydrogen-bond donors (Lipinski definition) is 2. The van der Waals surface area contributed by atoms with Crippen molar-refractivity contribution in [2.45, 2.75) is 33.1 Å². The van der Waals surface area contributed by atoms with Crippen LogP contribution in [-0.4, -0.2) is 26.0 Å². The van der Waals surface area contributed by atoms with Crippen LogP contribution in [-0.2, 0) is 11.2 Å². The van der Waals surface area contributed by atoms with E-state index in [0.29, 0.717) is 36.5 Å². The van der Waals surface area contributed by atoms with E-state index in [2.05, 4.69) is 25.4 Å². The first-order valence-electron chi connectivity index (χ1n) is 9.68. The molecule has 0 bridgehead atoms. The van der Waals surface area contributed by atoms with E-state index in [-0.39, 0.29) is 17.3 Å². The number of rotatable bonds is 6. The van der Waals surface area contributed by atoms with Crippen LogP contribution < -0.4 is 10.9 Å². The quantitative estimate of drug-likeness (QED) is 0.509. The number of anilines is 1. The molecule has 0 radical (unpaired) electrons. The molecule has 0 spiro atoms. The number of hydrogen-bond acceptors (Lipinski definition) is 6. The molecule has 30 heavy (non-hydrogen) atoms. The maximum absolute atomic E-state index is 12.4. The molecule has 0 unspecified atom stereocenters. The molecule has 3 heterocycles. The normalized spacial score (nSPS) is 11.0. The lowest BCUT2D eigenvalue weighted by Gasteiger charge is -2.04. The molecule has 0 fully saturated rings. The number of aromatic amines is 1. The summed E-state index contributed by atoms with van der Waals surface area (Å²) in [5.74, 6) is 1.03. The van der Waals surface area contributed by atoms with Gasteiger partial charge in [-0.1, -0.05) is 22.9 Å². The maximum atomic E-state index is 12.4. The molecule has 152 valence electrons. The van der Waals surface area contributed by atoms with Gasteiger partial charge in [0.1, 0.15) is 5.82 Å². The van der Waals surface area contributed by atoms with Gasteiger partial charge in [0, 0.05) is 24.1 Å². The summed E-state index contributed by atoms with van der Waals surface area (Å²) in [5.41, 5.74) is 2.76. The lowest BCUT2D eigenvalue weighted by Crippen LogP contribution is -2.12. The van der Waals surface area contributed by atoms with Crippen LogP contribution in [0.1, 0.15) is 30.0 Å². The summed E-state index contributed by atoms with van der Waals surface area (Å²) in [6, 6.07) is 13.0. The zero-order valence-electron chi connectivity index (χ0n) is 16.7. The first-order chi connectivity index (χ1) is 14.5. The van der Waals surface area contributed by atoms with Crippen LogP contribution in [0.3, 0.4) is 0 Å². The molecule has 4 rings (SSSR count). The van der Waals surface area contributed by atoms with E-state index in [0.717, 1.165) is 22.2 Å². The number of aryl methyl sites for hydroxylation is 3. The molecule has 1 amide bonds. The molecule has 0 saturated carbocycles. The van der Waals surface area contributed by atoms with Crippen LogP contribution in [0.2, 0.25) is 0 Å². The molecule has 0 atom stereocenters. The van der Waals surface area contributed by atoms with E-state index in [1.165, 1.54) is 0 Å². The molecule has 3 aromatic heterocycles. The Bertz CT molecular complexity index is 1280. The van der Waals surface area contributed by atoms with Crippen molar-refractivity contribution in [1.82, 2.24) is 20.1 Å². The van der Waals surface area contributed by atoms with Gasteiger partial charge in [0.05, 0.1) is 5.56 Å². The minimum absolute atomic E-state index is 0.130. The Kier molecular flexibility index (Phi) is 5.38.